The fourth-order valence-corrected chi connectivity index (χ4v) is 4.62. The average molecular weight is 405 g/mol. The van der Waals surface area contributed by atoms with Crippen LogP contribution in [0.4, 0.5) is 4.39 Å². The predicted octanol–water partition coefficient (Wildman–Crippen LogP) is 4.49. The quantitative estimate of drug-likeness (QED) is 0.410. The Labute approximate surface area is 165 Å². The molecular formula is C20H21FN2O2S2. The van der Waals surface area contributed by atoms with Crippen LogP contribution < -0.4 is 4.80 Å². The minimum atomic E-state index is -0.312. The minimum Gasteiger partial charge on any atom is -0.383 e. The van der Waals surface area contributed by atoms with Crippen LogP contribution in [0.2, 0.25) is 0 Å². The molecule has 142 valence electrons. The maximum absolute atomic E-state index is 14.3. The third-order valence-corrected chi connectivity index (χ3v) is 6.08. The van der Waals surface area contributed by atoms with Crippen LogP contribution in [-0.4, -0.2) is 29.9 Å². The molecule has 0 fully saturated rings. The summed E-state index contributed by atoms with van der Waals surface area (Å²) in [6.07, 6.45) is 1.13. The summed E-state index contributed by atoms with van der Waals surface area (Å²) in [7, 11) is 1.60. The first kappa shape index (κ1) is 19.8. The number of halogens is 1. The molecule has 0 saturated heterocycles. The van der Waals surface area contributed by atoms with Crippen LogP contribution in [0.1, 0.15) is 12.8 Å². The minimum absolute atomic E-state index is 0.179. The van der Waals surface area contributed by atoms with E-state index in [-0.39, 0.29) is 11.7 Å². The first-order chi connectivity index (χ1) is 13.2. The van der Waals surface area contributed by atoms with Gasteiger partial charge in [0.15, 0.2) is 4.80 Å². The lowest BCUT2D eigenvalue weighted by molar-refractivity contribution is -0.118. The molecule has 0 unspecified atom stereocenters. The number of benzene rings is 2. The number of aromatic nitrogens is 1. The third kappa shape index (κ3) is 5.28. The molecule has 4 nitrogen and oxygen atoms in total. The van der Waals surface area contributed by atoms with E-state index in [9.17, 15) is 9.18 Å². The Balaban J connectivity index is 1.70. The summed E-state index contributed by atoms with van der Waals surface area (Å²) in [5, 5.41) is 0. The summed E-state index contributed by atoms with van der Waals surface area (Å²) in [4.78, 5) is 18.3. The summed E-state index contributed by atoms with van der Waals surface area (Å²) in [6.45, 7) is 0.878. The number of rotatable bonds is 8. The SMILES string of the molecule is COCCn1c(=NC(=O)CCCSc2ccccc2)sc2cccc(F)c21. The van der Waals surface area contributed by atoms with Gasteiger partial charge < -0.3 is 9.30 Å². The summed E-state index contributed by atoms with van der Waals surface area (Å²) < 4.78 is 21.9. The van der Waals surface area contributed by atoms with E-state index in [0.29, 0.717) is 29.9 Å². The predicted molar refractivity (Wildman–Crippen MR) is 109 cm³/mol. The number of ether oxygens (including phenoxy) is 1. The zero-order valence-electron chi connectivity index (χ0n) is 15.1. The zero-order valence-corrected chi connectivity index (χ0v) is 16.7. The van der Waals surface area contributed by atoms with E-state index < -0.39 is 0 Å². The number of hydrogen-bond acceptors (Lipinski definition) is 4. The van der Waals surface area contributed by atoms with Gasteiger partial charge >= 0.3 is 0 Å². The highest BCUT2D eigenvalue weighted by atomic mass is 32.2. The number of nitrogens with zero attached hydrogens (tertiary/aromatic N) is 2. The number of carbonyl (C=O) groups excluding carboxylic acids is 1. The molecule has 7 heteroatoms. The molecule has 1 aromatic heterocycles. The Morgan fingerprint density at radius 3 is 2.81 bits per heavy atom. The van der Waals surface area contributed by atoms with Crippen LogP contribution in [0.3, 0.4) is 0 Å². The van der Waals surface area contributed by atoms with Gasteiger partial charge in [-0.25, -0.2) is 4.39 Å². The number of methoxy groups -OCH3 is 1. The van der Waals surface area contributed by atoms with Crippen molar-refractivity contribution in [1.29, 1.82) is 0 Å². The molecule has 0 aliphatic carbocycles. The van der Waals surface area contributed by atoms with Crippen LogP contribution in [0.5, 0.6) is 0 Å². The van der Waals surface area contributed by atoms with Gasteiger partial charge in [-0.2, -0.15) is 4.99 Å². The Hall–Kier alpha value is -1.96. The van der Waals surface area contributed by atoms with Crippen molar-refractivity contribution in [3.63, 3.8) is 0 Å². The van der Waals surface area contributed by atoms with Gasteiger partial charge in [0.05, 0.1) is 16.8 Å². The van der Waals surface area contributed by atoms with E-state index in [1.807, 2.05) is 24.3 Å². The van der Waals surface area contributed by atoms with Crippen molar-refractivity contribution in [3.8, 4) is 0 Å². The molecule has 1 amide bonds. The number of para-hydroxylation sites is 1. The molecule has 0 spiro atoms. The second-order valence-corrected chi connectivity index (χ2v) is 8.06. The van der Waals surface area contributed by atoms with Gasteiger partial charge in [-0.3, -0.25) is 4.79 Å². The van der Waals surface area contributed by atoms with Crippen LogP contribution in [0.25, 0.3) is 10.2 Å². The first-order valence-electron chi connectivity index (χ1n) is 8.71. The second-order valence-electron chi connectivity index (χ2n) is 5.89. The van der Waals surface area contributed by atoms with Gasteiger partial charge in [0.2, 0.25) is 5.91 Å². The number of fused-ring (bicyclic) bond motifs is 1. The molecule has 0 atom stereocenters. The molecule has 3 rings (SSSR count). The number of hydrogen-bond donors (Lipinski definition) is 0. The Morgan fingerprint density at radius 1 is 1.22 bits per heavy atom. The number of thioether (sulfide) groups is 1. The Bertz CT molecular complexity index is 967. The Morgan fingerprint density at radius 2 is 2.04 bits per heavy atom. The lowest BCUT2D eigenvalue weighted by atomic mass is 10.3. The maximum atomic E-state index is 14.3. The van der Waals surface area contributed by atoms with E-state index in [0.717, 1.165) is 16.9 Å². The molecule has 1 heterocycles. The molecule has 0 saturated carbocycles. The summed E-state index contributed by atoms with van der Waals surface area (Å²) in [6, 6.07) is 15.0. The van der Waals surface area contributed by atoms with Crippen LogP contribution in [0, 0.1) is 5.82 Å². The monoisotopic (exact) mass is 404 g/mol. The lowest BCUT2D eigenvalue weighted by Crippen LogP contribution is -2.19. The van der Waals surface area contributed by atoms with Gasteiger partial charge in [-0.15, -0.1) is 11.8 Å². The summed E-state index contributed by atoms with van der Waals surface area (Å²) in [5.74, 6) is 0.366. The highest BCUT2D eigenvalue weighted by molar-refractivity contribution is 7.99. The molecule has 2 aromatic carbocycles. The Kier molecular flexibility index (Phi) is 7.20. The van der Waals surface area contributed by atoms with Crippen molar-refractivity contribution < 1.29 is 13.9 Å². The lowest BCUT2D eigenvalue weighted by Gasteiger charge is -2.05. The fourth-order valence-electron chi connectivity index (χ4n) is 2.65. The van der Waals surface area contributed by atoms with E-state index in [1.54, 1.807) is 29.5 Å². The van der Waals surface area contributed by atoms with Crippen LogP contribution >= 0.6 is 23.1 Å². The van der Waals surface area contributed by atoms with Crippen molar-refractivity contribution in [2.45, 2.75) is 24.3 Å². The second kappa shape index (κ2) is 9.82. The van der Waals surface area contributed by atoms with Crippen molar-refractivity contribution in [1.82, 2.24) is 4.57 Å². The van der Waals surface area contributed by atoms with Crippen LogP contribution in [-0.2, 0) is 16.1 Å². The van der Waals surface area contributed by atoms with E-state index in [4.69, 9.17) is 4.74 Å². The van der Waals surface area contributed by atoms with E-state index in [2.05, 4.69) is 17.1 Å². The molecule has 0 N–H and O–H groups in total. The molecule has 0 aliphatic rings. The third-order valence-electron chi connectivity index (χ3n) is 3.94. The van der Waals surface area contributed by atoms with Gasteiger partial charge in [-0.05, 0) is 36.4 Å². The molecule has 0 aliphatic heterocycles. The van der Waals surface area contributed by atoms with E-state index >= 15 is 0 Å². The van der Waals surface area contributed by atoms with E-state index in [1.165, 1.54) is 22.3 Å². The van der Waals surface area contributed by atoms with Gasteiger partial charge in [0, 0.05) is 25.0 Å². The van der Waals surface area contributed by atoms with Crippen molar-refractivity contribution in [2.75, 3.05) is 19.5 Å². The molecule has 3 aromatic rings. The molecule has 27 heavy (non-hydrogen) atoms. The van der Waals surface area contributed by atoms with Gasteiger partial charge in [0.1, 0.15) is 5.82 Å². The van der Waals surface area contributed by atoms with Crippen molar-refractivity contribution >= 4 is 39.2 Å². The zero-order chi connectivity index (χ0) is 19.1. The number of amides is 1. The van der Waals surface area contributed by atoms with Crippen molar-refractivity contribution in [2.24, 2.45) is 4.99 Å². The maximum Gasteiger partial charge on any atom is 0.248 e. The highest BCUT2D eigenvalue weighted by Crippen LogP contribution is 2.21. The molecule has 0 radical (unpaired) electrons. The number of thiazole rings is 1. The number of carbonyl (C=O) groups is 1. The van der Waals surface area contributed by atoms with Crippen LogP contribution in [0.15, 0.2) is 58.4 Å². The topological polar surface area (TPSA) is 43.6 Å². The summed E-state index contributed by atoms with van der Waals surface area (Å²) >= 11 is 3.05. The molecule has 0 bridgehead atoms. The average Bonchev–Trinajstić information content (AvgIpc) is 3.02. The summed E-state index contributed by atoms with van der Waals surface area (Å²) in [5.41, 5.74) is 0.478. The largest absolute Gasteiger partial charge is 0.383 e. The highest BCUT2D eigenvalue weighted by Gasteiger charge is 2.11. The van der Waals surface area contributed by atoms with Gasteiger partial charge in [-0.1, -0.05) is 35.6 Å². The van der Waals surface area contributed by atoms with Crippen molar-refractivity contribution in [3.05, 3.63) is 59.1 Å². The fraction of sp³-hybridized carbons (Fsp3) is 0.300. The molecular weight excluding hydrogens is 383 g/mol. The van der Waals surface area contributed by atoms with Gasteiger partial charge in [0.25, 0.3) is 0 Å². The first-order valence-corrected chi connectivity index (χ1v) is 10.5. The standard InChI is InChI=1S/C20H21FN2O2S2/c1-25-13-12-23-19-16(21)9-5-10-17(19)27-20(23)22-18(24)11-6-14-26-15-7-3-2-4-8-15/h2-5,7-10H,6,11-14H2,1H3. The smallest absolute Gasteiger partial charge is 0.248 e. The normalized spacial score (nSPS) is 12.0.